The van der Waals surface area contributed by atoms with Crippen LogP contribution in [0.2, 0.25) is 5.02 Å². The maximum Gasteiger partial charge on any atom is 0.342 e. The van der Waals surface area contributed by atoms with Gasteiger partial charge in [-0.2, -0.15) is 0 Å². The van der Waals surface area contributed by atoms with E-state index >= 15 is 0 Å². The first-order chi connectivity index (χ1) is 15.4. The Morgan fingerprint density at radius 1 is 1.25 bits per heavy atom. The normalized spacial score (nSPS) is 14.1. The number of carboxylic acids is 1. The summed E-state index contributed by atoms with van der Waals surface area (Å²) >= 11 is 7.09. The molecule has 0 atom stereocenters. The van der Waals surface area contributed by atoms with E-state index < -0.39 is 5.97 Å². The fraction of sp³-hybridized carbons (Fsp3) is 0.261. The van der Waals surface area contributed by atoms with Gasteiger partial charge in [0.25, 0.3) is 0 Å². The number of aromatic amines is 1. The van der Waals surface area contributed by atoms with Crippen molar-refractivity contribution in [3.8, 4) is 17.1 Å². The lowest BCUT2D eigenvalue weighted by molar-refractivity contribution is -0.131. The Balaban J connectivity index is 1.58. The monoisotopic (exact) mass is 470 g/mol. The number of hydrogen-bond acceptors (Lipinski definition) is 6. The number of H-pyrrole nitrogens is 1. The summed E-state index contributed by atoms with van der Waals surface area (Å²) in [5.74, 6) is -0.00254. The van der Waals surface area contributed by atoms with Crippen LogP contribution in [-0.4, -0.2) is 46.5 Å². The predicted molar refractivity (Wildman–Crippen MR) is 127 cm³/mol. The van der Waals surface area contributed by atoms with E-state index in [0.29, 0.717) is 27.3 Å². The highest BCUT2D eigenvalue weighted by atomic mass is 35.5. The molecule has 0 amide bonds. The number of methoxy groups -OCH3 is 1. The zero-order chi connectivity index (χ0) is 22.7. The second kappa shape index (κ2) is 9.67. The van der Waals surface area contributed by atoms with Crippen LogP contribution in [0.1, 0.15) is 24.0 Å². The van der Waals surface area contributed by atoms with Gasteiger partial charge in [0.05, 0.1) is 12.7 Å². The SMILES string of the molecule is COc1ccc(Cl)cc1-c1nc(S/C(=C/c2ccc(N3CCCC3)cc2C)C(=O)O)n[nH]1. The Hall–Kier alpha value is -2.97. The third-order valence-electron chi connectivity index (χ3n) is 5.30. The lowest BCUT2D eigenvalue weighted by atomic mass is 10.1. The molecule has 0 unspecified atom stereocenters. The Morgan fingerprint density at radius 2 is 2.03 bits per heavy atom. The van der Waals surface area contributed by atoms with Crippen LogP contribution in [0, 0.1) is 6.92 Å². The first-order valence-electron chi connectivity index (χ1n) is 10.2. The topological polar surface area (TPSA) is 91.3 Å². The molecule has 1 aliphatic heterocycles. The molecule has 166 valence electrons. The lowest BCUT2D eigenvalue weighted by Crippen LogP contribution is -2.17. The molecule has 9 heteroatoms. The van der Waals surface area contributed by atoms with E-state index in [1.807, 2.05) is 19.1 Å². The zero-order valence-electron chi connectivity index (χ0n) is 17.8. The molecule has 1 saturated heterocycles. The number of hydrogen-bond donors (Lipinski definition) is 2. The third-order valence-corrected chi connectivity index (χ3v) is 6.42. The fourth-order valence-electron chi connectivity index (χ4n) is 3.65. The van der Waals surface area contributed by atoms with Crippen LogP contribution in [-0.2, 0) is 4.79 Å². The minimum atomic E-state index is -1.04. The number of anilines is 1. The molecule has 0 aliphatic carbocycles. The van der Waals surface area contributed by atoms with E-state index in [0.717, 1.165) is 36.0 Å². The number of nitrogens with zero attached hydrogens (tertiary/aromatic N) is 3. The predicted octanol–water partition coefficient (Wildman–Crippen LogP) is 5.26. The van der Waals surface area contributed by atoms with Crippen LogP contribution < -0.4 is 9.64 Å². The summed E-state index contributed by atoms with van der Waals surface area (Å²) in [5, 5.41) is 17.6. The molecule has 0 spiro atoms. The number of carboxylic acid groups (broad SMARTS) is 1. The Bertz CT molecular complexity index is 1170. The van der Waals surface area contributed by atoms with E-state index in [1.54, 1.807) is 31.4 Å². The molecule has 0 saturated carbocycles. The summed E-state index contributed by atoms with van der Waals surface area (Å²) in [6.45, 7) is 4.12. The molecule has 1 fully saturated rings. The summed E-state index contributed by atoms with van der Waals surface area (Å²) in [6.07, 6.45) is 4.08. The fourth-order valence-corrected chi connectivity index (χ4v) is 4.52. The highest BCUT2D eigenvalue weighted by Crippen LogP contribution is 2.33. The molecule has 2 heterocycles. The van der Waals surface area contributed by atoms with Crippen molar-refractivity contribution in [3.05, 3.63) is 57.5 Å². The number of carbonyl (C=O) groups is 1. The molecule has 1 aliphatic rings. The van der Waals surface area contributed by atoms with Gasteiger partial charge in [0.2, 0.25) is 5.16 Å². The lowest BCUT2D eigenvalue weighted by Gasteiger charge is -2.18. The summed E-state index contributed by atoms with van der Waals surface area (Å²) < 4.78 is 5.36. The van der Waals surface area contributed by atoms with Gasteiger partial charge in [0.1, 0.15) is 10.7 Å². The standard InChI is InChI=1S/C23H23ClN4O3S/c1-14-11-17(28-9-3-4-10-28)7-5-15(14)12-20(22(29)30)32-23-25-21(26-27-23)18-13-16(24)6-8-19(18)31-2/h5-8,11-13H,3-4,9-10H2,1-2H3,(H,29,30)(H,25,26,27)/b20-12+. The maximum absolute atomic E-state index is 11.9. The molecular weight excluding hydrogens is 448 g/mol. The summed E-state index contributed by atoms with van der Waals surface area (Å²) in [4.78, 5) is 18.8. The van der Waals surface area contributed by atoms with E-state index in [9.17, 15) is 9.90 Å². The second-order valence-corrected chi connectivity index (χ2v) is 8.91. The Morgan fingerprint density at radius 3 is 2.72 bits per heavy atom. The van der Waals surface area contributed by atoms with Gasteiger partial charge in [-0.3, -0.25) is 5.10 Å². The van der Waals surface area contributed by atoms with Crippen LogP contribution >= 0.6 is 23.4 Å². The smallest absolute Gasteiger partial charge is 0.342 e. The van der Waals surface area contributed by atoms with Crippen molar-refractivity contribution in [3.63, 3.8) is 0 Å². The number of aromatic nitrogens is 3. The quantitative estimate of drug-likeness (QED) is 0.359. The summed E-state index contributed by atoms with van der Waals surface area (Å²) in [7, 11) is 1.56. The zero-order valence-corrected chi connectivity index (χ0v) is 19.3. The minimum absolute atomic E-state index is 0.130. The van der Waals surface area contributed by atoms with Crippen molar-refractivity contribution < 1.29 is 14.6 Å². The van der Waals surface area contributed by atoms with E-state index in [4.69, 9.17) is 16.3 Å². The number of ether oxygens (including phenoxy) is 1. The number of nitrogens with one attached hydrogen (secondary N) is 1. The van der Waals surface area contributed by atoms with Crippen LogP contribution in [0.25, 0.3) is 17.5 Å². The highest BCUT2D eigenvalue weighted by Gasteiger charge is 2.18. The van der Waals surface area contributed by atoms with Crippen molar-refractivity contribution in [1.82, 2.24) is 15.2 Å². The molecule has 2 N–H and O–H groups in total. The van der Waals surface area contributed by atoms with Gasteiger partial charge < -0.3 is 14.7 Å². The number of rotatable bonds is 7. The molecular formula is C23H23ClN4O3S. The van der Waals surface area contributed by atoms with Crippen LogP contribution in [0.15, 0.2) is 46.5 Å². The molecule has 3 aromatic rings. The Labute approximate surface area is 195 Å². The first-order valence-corrected chi connectivity index (χ1v) is 11.4. The maximum atomic E-state index is 11.9. The average Bonchev–Trinajstić information content (AvgIpc) is 3.47. The van der Waals surface area contributed by atoms with Gasteiger partial charge in [-0.15, -0.1) is 5.10 Å². The van der Waals surface area contributed by atoms with Gasteiger partial charge in [-0.25, -0.2) is 9.78 Å². The van der Waals surface area contributed by atoms with E-state index in [-0.39, 0.29) is 4.91 Å². The van der Waals surface area contributed by atoms with Crippen molar-refractivity contribution >= 4 is 41.1 Å². The van der Waals surface area contributed by atoms with Crippen molar-refractivity contribution in [2.24, 2.45) is 0 Å². The van der Waals surface area contributed by atoms with Crippen LogP contribution in [0.4, 0.5) is 5.69 Å². The molecule has 32 heavy (non-hydrogen) atoms. The van der Waals surface area contributed by atoms with Crippen molar-refractivity contribution in [1.29, 1.82) is 0 Å². The number of thioether (sulfide) groups is 1. The molecule has 4 rings (SSSR count). The Kier molecular flexibility index (Phi) is 6.72. The molecule has 0 radical (unpaired) electrons. The highest BCUT2D eigenvalue weighted by molar-refractivity contribution is 8.04. The molecule has 7 nitrogen and oxygen atoms in total. The summed E-state index contributed by atoms with van der Waals surface area (Å²) in [5.41, 5.74) is 3.70. The number of aryl methyl sites for hydroxylation is 1. The van der Waals surface area contributed by atoms with Gasteiger partial charge >= 0.3 is 5.97 Å². The average molecular weight is 471 g/mol. The van der Waals surface area contributed by atoms with Gasteiger partial charge in [-0.05, 0) is 79.1 Å². The second-order valence-electron chi connectivity index (χ2n) is 7.46. The number of benzene rings is 2. The first kappa shape index (κ1) is 22.2. The summed E-state index contributed by atoms with van der Waals surface area (Å²) in [6, 6.07) is 11.3. The largest absolute Gasteiger partial charge is 0.496 e. The van der Waals surface area contributed by atoms with Crippen LogP contribution in [0.5, 0.6) is 5.75 Å². The van der Waals surface area contributed by atoms with Crippen molar-refractivity contribution in [2.75, 3.05) is 25.1 Å². The molecule has 0 bridgehead atoms. The molecule has 1 aromatic heterocycles. The number of aliphatic carboxylic acids is 1. The minimum Gasteiger partial charge on any atom is -0.496 e. The van der Waals surface area contributed by atoms with Crippen molar-refractivity contribution in [2.45, 2.75) is 24.9 Å². The van der Waals surface area contributed by atoms with Gasteiger partial charge in [0.15, 0.2) is 5.82 Å². The third kappa shape index (κ3) is 4.92. The van der Waals surface area contributed by atoms with E-state index in [1.165, 1.54) is 18.5 Å². The molecule has 2 aromatic carbocycles. The van der Waals surface area contributed by atoms with Crippen LogP contribution in [0.3, 0.4) is 0 Å². The van der Waals surface area contributed by atoms with Gasteiger partial charge in [-0.1, -0.05) is 17.7 Å². The van der Waals surface area contributed by atoms with Gasteiger partial charge in [0, 0.05) is 23.8 Å². The van der Waals surface area contributed by atoms with E-state index in [2.05, 4.69) is 26.1 Å². The number of halogens is 1.